The molecular weight excluding hydrogens is 301 g/mol. The lowest BCUT2D eigenvalue weighted by Crippen LogP contribution is -2.46. The minimum absolute atomic E-state index is 0.339. The third kappa shape index (κ3) is 3.85. The van der Waals surface area contributed by atoms with Crippen LogP contribution in [-0.2, 0) is 12.7 Å². The molecule has 1 heterocycles. The fourth-order valence-corrected chi connectivity index (χ4v) is 2.93. The Balaban J connectivity index is 1.64. The summed E-state index contributed by atoms with van der Waals surface area (Å²) in [7, 11) is 0. The Bertz CT molecular complexity index is 632. The van der Waals surface area contributed by atoms with Crippen molar-refractivity contribution in [2.75, 3.05) is 31.1 Å². The number of benzene rings is 2. The van der Waals surface area contributed by atoms with E-state index in [1.54, 1.807) is 12.1 Å². The molecule has 0 spiro atoms. The largest absolute Gasteiger partial charge is 0.416 e. The maximum atomic E-state index is 13.1. The predicted molar refractivity (Wildman–Crippen MR) is 84.2 cm³/mol. The number of anilines is 1. The smallest absolute Gasteiger partial charge is 0.369 e. The van der Waals surface area contributed by atoms with Crippen LogP contribution in [0.15, 0.2) is 48.5 Å². The number of rotatable bonds is 3. The number of halogens is 3. The molecule has 23 heavy (non-hydrogen) atoms. The van der Waals surface area contributed by atoms with Crippen LogP contribution in [0.2, 0.25) is 0 Å². The van der Waals surface area contributed by atoms with E-state index in [9.17, 15) is 13.2 Å². The van der Waals surface area contributed by atoms with Gasteiger partial charge in [-0.05, 0) is 29.8 Å². The molecule has 0 bridgehead atoms. The van der Waals surface area contributed by atoms with Crippen LogP contribution in [0.25, 0.3) is 0 Å². The highest BCUT2D eigenvalue weighted by Crippen LogP contribution is 2.32. The highest BCUT2D eigenvalue weighted by atomic mass is 19.4. The Morgan fingerprint density at radius 1 is 0.913 bits per heavy atom. The molecule has 2 aromatic carbocycles. The summed E-state index contributed by atoms with van der Waals surface area (Å²) in [5.74, 6) is 0. The summed E-state index contributed by atoms with van der Waals surface area (Å²) in [5.41, 5.74) is 0.961. The summed E-state index contributed by atoms with van der Waals surface area (Å²) in [6.07, 6.45) is -4.29. The third-order valence-electron chi connectivity index (χ3n) is 4.15. The summed E-state index contributed by atoms with van der Waals surface area (Å²) >= 11 is 0. The van der Waals surface area contributed by atoms with Crippen molar-refractivity contribution in [2.45, 2.75) is 12.7 Å². The fraction of sp³-hybridized carbons (Fsp3) is 0.333. The van der Waals surface area contributed by atoms with E-state index in [2.05, 4.69) is 15.9 Å². The Hall–Kier alpha value is -2.01. The summed E-state index contributed by atoms with van der Waals surface area (Å²) in [5, 5.41) is 0. The first-order valence-corrected chi connectivity index (χ1v) is 7.62. The van der Waals surface area contributed by atoms with Crippen molar-refractivity contribution in [1.29, 1.82) is 0 Å². The van der Waals surface area contributed by atoms with Gasteiger partial charge in [-0.15, -0.1) is 0 Å². The highest BCUT2D eigenvalue weighted by molar-refractivity contribution is 5.46. The van der Waals surface area contributed by atoms with Crippen LogP contribution >= 0.6 is 0 Å². The van der Waals surface area contributed by atoms with Crippen molar-refractivity contribution in [2.24, 2.45) is 0 Å². The lowest BCUT2D eigenvalue weighted by Gasteiger charge is -2.36. The SMILES string of the molecule is FC(F)(F)c1ccccc1CN1CCN(c2cc[c]cc2)CC1. The average Bonchev–Trinajstić information content (AvgIpc) is 2.56. The van der Waals surface area contributed by atoms with Gasteiger partial charge in [0.15, 0.2) is 0 Å². The first-order chi connectivity index (χ1) is 11.0. The molecule has 0 aromatic heterocycles. The van der Waals surface area contributed by atoms with Crippen molar-refractivity contribution < 1.29 is 13.2 Å². The molecule has 5 heteroatoms. The number of hydrogen-bond donors (Lipinski definition) is 0. The summed E-state index contributed by atoms with van der Waals surface area (Å²) in [4.78, 5) is 4.33. The van der Waals surface area contributed by atoms with E-state index in [1.165, 1.54) is 6.07 Å². The van der Waals surface area contributed by atoms with Crippen LogP contribution in [0.3, 0.4) is 0 Å². The molecule has 2 nitrogen and oxygen atoms in total. The second-order valence-corrected chi connectivity index (χ2v) is 5.68. The summed E-state index contributed by atoms with van der Waals surface area (Å²) < 4.78 is 39.2. The van der Waals surface area contributed by atoms with Crippen LogP contribution in [0.1, 0.15) is 11.1 Å². The quantitative estimate of drug-likeness (QED) is 0.848. The zero-order valence-electron chi connectivity index (χ0n) is 12.7. The normalized spacial score (nSPS) is 16.6. The second-order valence-electron chi connectivity index (χ2n) is 5.68. The lowest BCUT2D eigenvalue weighted by atomic mass is 10.1. The Labute approximate surface area is 134 Å². The number of nitrogens with zero attached hydrogens (tertiary/aromatic N) is 2. The van der Waals surface area contributed by atoms with E-state index in [0.717, 1.165) is 37.9 Å². The fourth-order valence-electron chi connectivity index (χ4n) is 2.93. The molecule has 1 radical (unpaired) electrons. The molecule has 1 fully saturated rings. The van der Waals surface area contributed by atoms with Gasteiger partial charge in [-0.3, -0.25) is 4.90 Å². The van der Waals surface area contributed by atoms with E-state index >= 15 is 0 Å². The highest BCUT2D eigenvalue weighted by Gasteiger charge is 2.33. The van der Waals surface area contributed by atoms with E-state index in [0.29, 0.717) is 12.1 Å². The molecule has 2 aromatic rings. The van der Waals surface area contributed by atoms with Gasteiger partial charge in [0.05, 0.1) is 5.56 Å². The average molecular weight is 319 g/mol. The number of hydrogen-bond acceptors (Lipinski definition) is 2. The lowest BCUT2D eigenvalue weighted by molar-refractivity contribution is -0.138. The maximum absolute atomic E-state index is 13.1. The Kier molecular flexibility index (Phi) is 4.57. The van der Waals surface area contributed by atoms with Gasteiger partial charge in [0.1, 0.15) is 0 Å². The second kappa shape index (κ2) is 6.62. The zero-order chi connectivity index (χ0) is 16.3. The minimum atomic E-state index is -4.29. The topological polar surface area (TPSA) is 6.48 Å². The molecule has 0 N–H and O–H groups in total. The molecule has 0 unspecified atom stereocenters. The van der Waals surface area contributed by atoms with E-state index in [4.69, 9.17) is 0 Å². The summed E-state index contributed by atoms with van der Waals surface area (Å²) in [6.45, 7) is 3.48. The van der Waals surface area contributed by atoms with Gasteiger partial charge in [0.25, 0.3) is 0 Å². The van der Waals surface area contributed by atoms with Crippen LogP contribution < -0.4 is 4.90 Å². The zero-order valence-corrected chi connectivity index (χ0v) is 12.7. The predicted octanol–water partition coefficient (Wildman–Crippen LogP) is 3.83. The number of piperazine rings is 1. The van der Waals surface area contributed by atoms with Gasteiger partial charge < -0.3 is 4.90 Å². The molecule has 1 aliphatic heterocycles. The molecule has 121 valence electrons. The molecule has 0 atom stereocenters. The van der Waals surface area contributed by atoms with E-state index in [1.807, 2.05) is 24.3 Å². The molecule has 0 amide bonds. The van der Waals surface area contributed by atoms with Gasteiger partial charge in [0, 0.05) is 38.4 Å². The van der Waals surface area contributed by atoms with Gasteiger partial charge >= 0.3 is 6.18 Å². The maximum Gasteiger partial charge on any atom is 0.416 e. The van der Waals surface area contributed by atoms with Crippen molar-refractivity contribution >= 4 is 5.69 Å². The van der Waals surface area contributed by atoms with Crippen molar-refractivity contribution in [3.05, 3.63) is 65.7 Å². The van der Waals surface area contributed by atoms with Gasteiger partial charge in [-0.25, -0.2) is 0 Å². The molecule has 1 aliphatic rings. The van der Waals surface area contributed by atoms with Crippen LogP contribution in [0.5, 0.6) is 0 Å². The molecule has 1 saturated heterocycles. The van der Waals surface area contributed by atoms with Crippen molar-refractivity contribution in [3.8, 4) is 0 Å². The van der Waals surface area contributed by atoms with Gasteiger partial charge in [-0.2, -0.15) is 13.2 Å². The Morgan fingerprint density at radius 2 is 1.57 bits per heavy atom. The minimum Gasteiger partial charge on any atom is -0.369 e. The monoisotopic (exact) mass is 319 g/mol. The van der Waals surface area contributed by atoms with Gasteiger partial charge in [-0.1, -0.05) is 30.3 Å². The standard InChI is InChI=1S/C18H18F3N2/c19-18(20,21)17-9-5-4-6-15(17)14-22-10-12-23(13-11-22)16-7-2-1-3-8-16/h2-9H,10-14H2. The van der Waals surface area contributed by atoms with Crippen LogP contribution in [0.4, 0.5) is 18.9 Å². The molecular formula is C18H18F3N2. The first kappa shape index (κ1) is 15.9. The van der Waals surface area contributed by atoms with E-state index in [-0.39, 0.29) is 0 Å². The van der Waals surface area contributed by atoms with Gasteiger partial charge in [0.2, 0.25) is 0 Å². The van der Waals surface area contributed by atoms with Crippen molar-refractivity contribution in [3.63, 3.8) is 0 Å². The molecule has 3 rings (SSSR count). The first-order valence-electron chi connectivity index (χ1n) is 7.62. The van der Waals surface area contributed by atoms with Crippen LogP contribution in [-0.4, -0.2) is 31.1 Å². The van der Waals surface area contributed by atoms with Crippen LogP contribution in [0, 0.1) is 6.07 Å². The van der Waals surface area contributed by atoms with Crippen molar-refractivity contribution in [1.82, 2.24) is 4.90 Å². The molecule has 0 saturated carbocycles. The Morgan fingerprint density at radius 3 is 2.22 bits per heavy atom. The molecule has 0 aliphatic carbocycles. The number of alkyl halides is 3. The van der Waals surface area contributed by atoms with E-state index < -0.39 is 11.7 Å². The summed E-state index contributed by atoms with van der Waals surface area (Å²) in [6, 6.07) is 16.6. The third-order valence-corrected chi connectivity index (χ3v) is 4.15.